The van der Waals surface area contributed by atoms with Crippen molar-refractivity contribution in [2.24, 2.45) is 0 Å². The smallest absolute Gasteiger partial charge is 0.358 e. The van der Waals surface area contributed by atoms with Gasteiger partial charge in [0, 0.05) is 6.42 Å². The van der Waals surface area contributed by atoms with Crippen LogP contribution < -0.4 is 0 Å². The second-order valence-corrected chi connectivity index (χ2v) is 5.72. The predicted molar refractivity (Wildman–Crippen MR) is 67.4 cm³/mol. The first-order valence-electron chi connectivity index (χ1n) is 4.85. The Kier molecular flexibility index (Phi) is 5.53. The molecule has 1 atom stereocenters. The first-order chi connectivity index (χ1) is 7.89. The van der Waals surface area contributed by atoms with Crippen LogP contribution in [0.15, 0.2) is 30.3 Å². The molecule has 0 aliphatic heterocycles. The largest absolute Gasteiger partial charge is 0.460 e. The van der Waals surface area contributed by atoms with E-state index in [1.165, 1.54) is 0 Å². The fraction of sp³-hybridized carbons (Fsp3) is 0.364. The maximum Gasteiger partial charge on any atom is 0.358 e. The van der Waals surface area contributed by atoms with Crippen molar-refractivity contribution in [3.63, 3.8) is 0 Å². The van der Waals surface area contributed by atoms with Crippen LogP contribution in [0.1, 0.15) is 5.56 Å². The lowest BCUT2D eigenvalue weighted by atomic mass is 10.1. The zero-order chi connectivity index (χ0) is 12.9. The highest BCUT2D eigenvalue weighted by Crippen LogP contribution is 2.27. The van der Waals surface area contributed by atoms with E-state index in [4.69, 9.17) is 34.8 Å². The van der Waals surface area contributed by atoms with Crippen molar-refractivity contribution in [1.82, 2.24) is 0 Å². The van der Waals surface area contributed by atoms with Crippen LogP contribution in [0.3, 0.4) is 0 Å². The van der Waals surface area contributed by atoms with E-state index in [1.807, 2.05) is 30.3 Å². The normalized spacial score (nSPS) is 13.2. The van der Waals surface area contributed by atoms with Gasteiger partial charge in [-0.05, 0) is 5.56 Å². The first kappa shape index (κ1) is 14.6. The lowest BCUT2D eigenvalue weighted by molar-refractivity contribution is -0.145. The number of hydrogen-bond acceptors (Lipinski definition) is 3. The summed E-state index contributed by atoms with van der Waals surface area (Å²) in [6.07, 6.45) is -0.456. The molecule has 1 aromatic carbocycles. The molecule has 0 aliphatic carbocycles. The molecule has 0 saturated heterocycles. The SMILES string of the molecule is O=C(OCC(O)Cc1ccccc1)C(Cl)(Cl)Cl. The fourth-order valence-corrected chi connectivity index (χ4v) is 1.36. The number of rotatable bonds is 4. The van der Waals surface area contributed by atoms with Crippen LogP contribution in [0.2, 0.25) is 0 Å². The van der Waals surface area contributed by atoms with E-state index in [-0.39, 0.29) is 6.61 Å². The lowest BCUT2D eigenvalue weighted by Crippen LogP contribution is -2.27. The van der Waals surface area contributed by atoms with Gasteiger partial charge < -0.3 is 9.84 Å². The average molecular weight is 298 g/mol. The molecule has 0 aromatic heterocycles. The molecule has 0 radical (unpaired) electrons. The number of alkyl halides is 3. The Morgan fingerprint density at radius 3 is 2.41 bits per heavy atom. The minimum Gasteiger partial charge on any atom is -0.460 e. The minimum absolute atomic E-state index is 0.207. The summed E-state index contributed by atoms with van der Waals surface area (Å²) in [6, 6.07) is 9.31. The molecule has 1 unspecified atom stereocenters. The van der Waals surface area contributed by atoms with Crippen molar-refractivity contribution in [1.29, 1.82) is 0 Å². The summed E-state index contributed by atoms with van der Waals surface area (Å²) >= 11 is 15.9. The molecule has 0 spiro atoms. The number of carbonyl (C=O) groups excluding carboxylic acids is 1. The van der Waals surface area contributed by atoms with Crippen LogP contribution in [-0.4, -0.2) is 27.6 Å². The van der Waals surface area contributed by atoms with Gasteiger partial charge in [0.2, 0.25) is 0 Å². The Hall–Kier alpha value is -0.480. The van der Waals surface area contributed by atoms with E-state index in [0.717, 1.165) is 5.56 Å². The molecular weight excluding hydrogens is 286 g/mol. The zero-order valence-electron chi connectivity index (χ0n) is 8.78. The molecule has 0 heterocycles. The van der Waals surface area contributed by atoms with Crippen LogP contribution in [0.4, 0.5) is 0 Å². The Balaban J connectivity index is 2.36. The van der Waals surface area contributed by atoms with Crippen molar-refractivity contribution in [3.05, 3.63) is 35.9 Å². The molecule has 0 aliphatic rings. The van der Waals surface area contributed by atoms with E-state index >= 15 is 0 Å². The number of benzene rings is 1. The van der Waals surface area contributed by atoms with Crippen LogP contribution in [-0.2, 0) is 16.0 Å². The zero-order valence-corrected chi connectivity index (χ0v) is 11.0. The fourth-order valence-electron chi connectivity index (χ4n) is 1.20. The van der Waals surface area contributed by atoms with Crippen LogP contribution >= 0.6 is 34.8 Å². The molecule has 0 bridgehead atoms. The second-order valence-electron chi connectivity index (χ2n) is 3.44. The molecule has 0 saturated carbocycles. The summed E-state index contributed by atoms with van der Waals surface area (Å²) in [6.45, 7) is -0.207. The van der Waals surface area contributed by atoms with Gasteiger partial charge in [-0.3, -0.25) is 0 Å². The highest BCUT2D eigenvalue weighted by Gasteiger charge is 2.33. The standard InChI is InChI=1S/C11H11Cl3O3/c12-11(13,14)10(16)17-7-9(15)6-8-4-2-1-3-5-8/h1-5,9,15H,6-7H2. The summed E-state index contributed by atoms with van der Waals surface area (Å²) in [4.78, 5) is 11.1. The van der Waals surface area contributed by atoms with Crippen molar-refractivity contribution in [3.8, 4) is 0 Å². The Morgan fingerprint density at radius 2 is 1.88 bits per heavy atom. The Labute approximate surface area is 114 Å². The van der Waals surface area contributed by atoms with Crippen molar-refractivity contribution < 1.29 is 14.6 Å². The molecule has 3 nitrogen and oxygen atoms in total. The highest BCUT2D eigenvalue weighted by atomic mass is 35.6. The molecule has 1 N–H and O–H groups in total. The average Bonchev–Trinajstić information content (AvgIpc) is 2.26. The maximum absolute atomic E-state index is 11.1. The number of ether oxygens (including phenoxy) is 1. The van der Waals surface area contributed by atoms with Gasteiger partial charge in [0.05, 0.1) is 6.10 Å². The monoisotopic (exact) mass is 296 g/mol. The van der Waals surface area contributed by atoms with Gasteiger partial charge in [-0.2, -0.15) is 0 Å². The van der Waals surface area contributed by atoms with Gasteiger partial charge in [-0.15, -0.1) is 0 Å². The van der Waals surface area contributed by atoms with Gasteiger partial charge in [-0.1, -0.05) is 65.1 Å². The van der Waals surface area contributed by atoms with Crippen molar-refractivity contribution in [2.45, 2.75) is 16.3 Å². The molecule has 0 fully saturated rings. The minimum atomic E-state index is -2.10. The summed E-state index contributed by atoms with van der Waals surface area (Å²) in [5, 5.41) is 9.61. The van der Waals surface area contributed by atoms with E-state index < -0.39 is 15.9 Å². The molecule has 1 rings (SSSR count). The lowest BCUT2D eigenvalue weighted by Gasteiger charge is -2.14. The summed E-state index contributed by atoms with van der Waals surface area (Å²) < 4.78 is 2.55. The predicted octanol–water partition coefficient (Wildman–Crippen LogP) is 2.50. The van der Waals surface area contributed by atoms with E-state index in [2.05, 4.69) is 4.74 Å². The van der Waals surface area contributed by atoms with E-state index in [0.29, 0.717) is 6.42 Å². The van der Waals surface area contributed by atoms with Gasteiger partial charge >= 0.3 is 5.97 Å². The van der Waals surface area contributed by atoms with Crippen molar-refractivity contribution >= 4 is 40.8 Å². The maximum atomic E-state index is 11.1. The number of halogens is 3. The first-order valence-corrected chi connectivity index (χ1v) is 5.99. The van der Waals surface area contributed by atoms with E-state index in [1.54, 1.807) is 0 Å². The van der Waals surface area contributed by atoms with Gasteiger partial charge in [0.25, 0.3) is 3.79 Å². The Bertz CT molecular complexity index is 362. The second kappa shape index (κ2) is 6.45. The number of hydrogen-bond donors (Lipinski definition) is 1. The van der Waals surface area contributed by atoms with Gasteiger partial charge in [-0.25, -0.2) is 4.79 Å². The van der Waals surface area contributed by atoms with Crippen LogP contribution in [0.25, 0.3) is 0 Å². The van der Waals surface area contributed by atoms with Crippen LogP contribution in [0.5, 0.6) is 0 Å². The molecule has 1 aromatic rings. The Morgan fingerprint density at radius 1 is 1.29 bits per heavy atom. The summed E-state index contributed by atoms with van der Waals surface area (Å²) in [5.41, 5.74) is 0.935. The number of aliphatic hydroxyl groups excluding tert-OH is 1. The quantitative estimate of drug-likeness (QED) is 0.686. The third-order valence-corrected chi connectivity index (χ3v) is 2.42. The van der Waals surface area contributed by atoms with Crippen LogP contribution in [0, 0.1) is 0 Å². The van der Waals surface area contributed by atoms with E-state index in [9.17, 15) is 9.90 Å². The molecule has 17 heavy (non-hydrogen) atoms. The van der Waals surface area contributed by atoms with Gasteiger partial charge in [0.1, 0.15) is 6.61 Å². The summed E-state index contributed by atoms with van der Waals surface area (Å²) in [5.74, 6) is -0.991. The topological polar surface area (TPSA) is 46.5 Å². The van der Waals surface area contributed by atoms with Gasteiger partial charge in [0.15, 0.2) is 0 Å². The highest BCUT2D eigenvalue weighted by molar-refractivity contribution is 6.75. The molecule has 0 amide bonds. The third kappa shape index (κ3) is 5.59. The number of carbonyl (C=O) groups is 1. The third-order valence-electron chi connectivity index (χ3n) is 1.95. The van der Waals surface area contributed by atoms with Crippen molar-refractivity contribution in [2.75, 3.05) is 6.61 Å². The molecule has 94 valence electrons. The molecule has 6 heteroatoms. The number of aliphatic hydroxyl groups is 1. The summed E-state index contributed by atoms with van der Waals surface area (Å²) in [7, 11) is 0. The number of esters is 1. The molecular formula is C11H11Cl3O3.